The molecule has 0 bridgehead atoms. The predicted molar refractivity (Wildman–Crippen MR) is 101 cm³/mol. The average molecular weight is 366 g/mol. The van der Waals surface area contributed by atoms with E-state index in [4.69, 9.17) is 0 Å². The van der Waals surface area contributed by atoms with Gasteiger partial charge in [0.25, 0.3) is 11.5 Å². The molecule has 1 atom stereocenters. The first-order chi connectivity index (χ1) is 12.9. The van der Waals surface area contributed by atoms with Crippen LogP contribution in [0.3, 0.4) is 0 Å². The van der Waals surface area contributed by atoms with E-state index in [-0.39, 0.29) is 17.4 Å². The Kier molecular flexibility index (Phi) is 5.07. The molecule has 0 aliphatic rings. The lowest BCUT2D eigenvalue weighted by Crippen LogP contribution is -2.29. The van der Waals surface area contributed by atoms with Crippen molar-refractivity contribution in [3.8, 4) is 16.9 Å². The molecule has 2 aromatic carbocycles. The molecule has 1 heterocycles. The number of rotatable bonds is 4. The Morgan fingerprint density at radius 2 is 1.81 bits per heavy atom. The Morgan fingerprint density at radius 3 is 2.52 bits per heavy atom. The van der Waals surface area contributed by atoms with Crippen molar-refractivity contribution in [2.24, 2.45) is 7.05 Å². The van der Waals surface area contributed by atoms with Crippen LogP contribution in [0.4, 0.5) is 4.39 Å². The van der Waals surface area contributed by atoms with E-state index in [0.29, 0.717) is 0 Å². The lowest BCUT2D eigenvalue weighted by atomic mass is 10.00. The molecular formula is C21H19FN2O3. The first-order valence-electron chi connectivity index (χ1n) is 8.42. The highest BCUT2D eigenvalue weighted by atomic mass is 19.1. The molecule has 1 amide bonds. The van der Waals surface area contributed by atoms with Crippen LogP contribution in [0.5, 0.6) is 5.75 Å². The number of hydrogen-bond acceptors (Lipinski definition) is 3. The van der Waals surface area contributed by atoms with E-state index in [9.17, 15) is 19.1 Å². The van der Waals surface area contributed by atoms with Crippen LogP contribution in [0.1, 0.15) is 28.9 Å². The number of aryl methyl sites for hydroxylation is 1. The van der Waals surface area contributed by atoms with Gasteiger partial charge in [0.2, 0.25) is 0 Å². The van der Waals surface area contributed by atoms with Gasteiger partial charge in [0.1, 0.15) is 5.82 Å². The summed E-state index contributed by atoms with van der Waals surface area (Å²) < 4.78 is 14.3. The number of benzene rings is 2. The van der Waals surface area contributed by atoms with E-state index in [2.05, 4.69) is 5.32 Å². The zero-order valence-electron chi connectivity index (χ0n) is 14.9. The molecule has 1 aromatic heterocycles. The maximum atomic E-state index is 13.1. The number of nitrogens with zero attached hydrogens (tertiary/aromatic N) is 1. The molecule has 0 saturated heterocycles. The summed E-state index contributed by atoms with van der Waals surface area (Å²) in [6, 6.07) is 14.7. The Labute approximate surface area is 155 Å². The molecule has 5 nitrogen and oxygen atoms in total. The molecule has 0 radical (unpaired) electrons. The number of amides is 1. The summed E-state index contributed by atoms with van der Waals surface area (Å²) in [6.07, 6.45) is 1.43. The summed E-state index contributed by atoms with van der Waals surface area (Å²) in [5.74, 6) is -1.42. The number of aromatic nitrogens is 1. The van der Waals surface area contributed by atoms with Gasteiger partial charge in [-0.2, -0.15) is 0 Å². The van der Waals surface area contributed by atoms with Crippen LogP contribution >= 0.6 is 0 Å². The van der Waals surface area contributed by atoms with Gasteiger partial charge in [-0.25, -0.2) is 4.39 Å². The Bertz CT molecular complexity index is 1040. The molecule has 0 aliphatic heterocycles. The number of aromatic hydroxyl groups is 1. The second-order valence-electron chi connectivity index (χ2n) is 6.32. The quantitative estimate of drug-likeness (QED) is 0.744. The normalized spacial score (nSPS) is 11.8. The van der Waals surface area contributed by atoms with Gasteiger partial charge in [0.05, 0.1) is 11.6 Å². The van der Waals surface area contributed by atoms with E-state index in [1.807, 2.05) is 24.3 Å². The van der Waals surface area contributed by atoms with Crippen molar-refractivity contribution in [1.29, 1.82) is 0 Å². The van der Waals surface area contributed by atoms with E-state index in [1.54, 1.807) is 19.1 Å². The minimum Gasteiger partial charge on any atom is -0.502 e. The van der Waals surface area contributed by atoms with Crippen molar-refractivity contribution in [2.75, 3.05) is 0 Å². The highest BCUT2D eigenvalue weighted by molar-refractivity contribution is 5.96. The smallest absolute Gasteiger partial charge is 0.293 e. The number of halogens is 1. The Balaban J connectivity index is 1.82. The fourth-order valence-corrected chi connectivity index (χ4v) is 2.79. The van der Waals surface area contributed by atoms with Gasteiger partial charge >= 0.3 is 0 Å². The zero-order valence-corrected chi connectivity index (χ0v) is 14.9. The van der Waals surface area contributed by atoms with E-state index < -0.39 is 17.2 Å². The van der Waals surface area contributed by atoms with E-state index >= 15 is 0 Å². The van der Waals surface area contributed by atoms with E-state index in [0.717, 1.165) is 16.7 Å². The van der Waals surface area contributed by atoms with Gasteiger partial charge in [-0.05, 0) is 47.9 Å². The van der Waals surface area contributed by atoms with Crippen LogP contribution in [0.25, 0.3) is 11.1 Å². The first-order valence-corrected chi connectivity index (χ1v) is 8.42. The molecule has 0 spiro atoms. The molecular weight excluding hydrogens is 347 g/mol. The molecule has 6 heteroatoms. The minimum atomic E-state index is -0.631. The summed E-state index contributed by atoms with van der Waals surface area (Å²) in [4.78, 5) is 24.2. The van der Waals surface area contributed by atoms with Crippen LogP contribution in [0, 0.1) is 5.82 Å². The average Bonchev–Trinajstić information content (AvgIpc) is 2.66. The molecule has 0 aliphatic carbocycles. The van der Waals surface area contributed by atoms with Gasteiger partial charge in [-0.15, -0.1) is 0 Å². The summed E-state index contributed by atoms with van der Waals surface area (Å²) in [5.41, 5.74) is 1.90. The van der Waals surface area contributed by atoms with Crippen LogP contribution in [-0.4, -0.2) is 15.6 Å². The molecule has 1 unspecified atom stereocenters. The molecule has 2 N–H and O–H groups in total. The van der Waals surface area contributed by atoms with Gasteiger partial charge in [0.15, 0.2) is 5.75 Å². The van der Waals surface area contributed by atoms with E-state index in [1.165, 1.54) is 36.0 Å². The van der Waals surface area contributed by atoms with Crippen molar-refractivity contribution >= 4 is 5.91 Å². The molecule has 0 fully saturated rings. The Morgan fingerprint density at radius 1 is 1.11 bits per heavy atom. The largest absolute Gasteiger partial charge is 0.502 e. The number of nitrogens with one attached hydrogen (secondary N) is 1. The van der Waals surface area contributed by atoms with Gasteiger partial charge < -0.3 is 15.0 Å². The number of carbonyl (C=O) groups excluding carboxylic acids is 1. The highest BCUT2D eigenvalue weighted by Gasteiger charge is 2.17. The SMILES string of the molecule is CC(NC(=O)c1ccn(C)c(=O)c1O)c1cccc(-c2ccc(F)cc2)c1. The van der Waals surface area contributed by atoms with Gasteiger partial charge in [0, 0.05) is 13.2 Å². The summed E-state index contributed by atoms with van der Waals surface area (Å²) in [6.45, 7) is 1.81. The van der Waals surface area contributed by atoms with Gasteiger partial charge in [-0.1, -0.05) is 30.3 Å². The second-order valence-corrected chi connectivity index (χ2v) is 6.32. The monoisotopic (exact) mass is 366 g/mol. The third kappa shape index (κ3) is 3.89. The fourth-order valence-electron chi connectivity index (χ4n) is 2.79. The lowest BCUT2D eigenvalue weighted by molar-refractivity contribution is 0.0936. The summed E-state index contributed by atoms with van der Waals surface area (Å²) in [7, 11) is 1.49. The second kappa shape index (κ2) is 7.45. The number of hydrogen-bond donors (Lipinski definition) is 2. The van der Waals surface area contributed by atoms with Gasteiger partial charge in [-0.3, -0.25) is 9.59 Å². The third-order valence-corrected chi connectivity index (χ3v) is 4.40. The van der Waals surface area contributed by atoms with Crippen molar-refractivity contribution in [3.05, 3.63) is 88.1 Å². The molecule has 27 heavy (non-hydrogen) atoms. The summed E-state index contributed by atoms with van der Waals surface area (Å²) >= 11 is 0. The Hall–Kier alpha value is -3.41. The predicted octanol–water partition coefficient (Wildman–Crippen LogP) is 3.39. The van der Waals surface area contributed by atoms with Crippen molar-refractivity contribution in [1.82, 2.24) is 9.88 Å². The standard InChI is InChI=1S/C21H19FN2O3/c1-13(23-20(26)18-10-11-24(2)21(27)19(18)25)15-4-3-5-16(12-15)14-6-8-17(22)9-7-14/h3-13,25H,1-2H3,(H,23,26). The van der Waals surface area contributed by atoms with Crippen molar-refractivity contribution < 1.29 is 14.3 Å². The molecule has 138 valence electrons. The first kappa shape index (κ1) is 18.4. The molecule has 3 aromatic rings. The third-order valence-electron chi connectivity index (χ3n) is 4.40. The lowest BCUT2D eigenvalue weighted by Gasteiger charge is -2.16. The van der Waals surface area contributed by atoms with Crippen LogP contribution in [-0.2, 0) is 7.05 Å². The zero-order chi connectivity index (χ0) is 19.6. The number of pyridine rings is 1. The fraction of sp³-hybridized carbons (Fsp3) is 0.143. The molecule has 3 rings (SSSR count). The summed E-state index contributed by atoms with van der Waals surface area (Å²) in [5, 5.41) is 12.7. The van der Waals surface area contributed by atoms with Crippen molar-refractivity contribution in [3.63, 3.8) is 0 Å². The van der Waals surface area contributed by atoms with Crippen LogP contribution in [0.15, 0.2) is 65.6 Å². The number of carbonyl (C=O) groups is 1. The maximum Gasteiger partial charge on any atom is 0.293 e. The van der Waals surface area contributed by atoms with Crippen molar-refractivity contribution in [2.45, 2.75) is 13.0 Å². The minimum absolute atomic E-state index is 0.0698. The van der Waals surface area contributed by atoms with Crippen LogP contribution in [0.2, 0.25) is 0 Å². The maximum absolute atomic E-state index is 13.1. The topological polar surface area (TPSA) is 71.3 Å². The highest BCUT2D eigenvalue weighted by Crippen LogP contribution is 2.24. The van der Waals surface area contributed by atoms with Crippen LogP contribution < -0.4 is 10.9 Å². The molecule has 0 saturated carbocycles.